The Balaban J connectivity index is 3.09. The number of rotatable bonds is 6. The van der Waals surface area contributed by atoms with Crippen LogP contribution in [-0.4, -0.2) is 34.1 Å². The molecule has 0 aliphatic heterocycles. The second-order valence-electron chi connectivity index (χ2n) is 5.15. The Bertz CT molecular complexity index is 681. The highest BCUT2D eigenvalue weighted by Gasteiger charge is 2.37. The van der Waals surface area contributed by atoms with Crippen molar-refractivity contribution in [3.8, 4) is 0 Å². The predicted octanol–water partition coefficient (Wildman–Crippen LogP) is 2.31. The molecule has 144 valence electrons. The van der Waals surface area contributed by atoms with Crippen LogP contribution in [0.1, 0.15) is 23.1 Å². The summed E-state index contributed by atoms with van der Waals surface area (Å²) < 4.78 is 76.3. The van der Waals surface area contributed by atoms with Crippen LogP contribution in [0.25, 0.3) is 0 Å². The lowest BCUT2D eigenvalue weighted by Gasteiger charge is -2.15. The van der Waals surface area contributed by atoms with Gasteiger partial charge in [0.25, 0.3) is 0 Å². The van der Waals surface area contributed by atoms with Crippen LogP contribution in [0.5, 0.6) is 0 Å². The zero-order valence-corrected chi connectivity index (χ0v) is 12.6. The third-order valence-corrected chi connectivity index (χ3v) is 3.02. The van der Waals surface area contributed by atoms with Gasteiger partial charge in [0.15, 0.2) is 0 Å². The Kier molecular flexibility index (Phi) is 6.23. The zero-order valence-electron chi connectivity index (χ0n) is 12.6. The molecule has 0 aliphatic carbocycles. The maximum absolute atomic E-state index is 12.7. The van der Waals surface area contributed by atoms with Crippen molar-refractivity contribution in [2.75, 3.05) is 0 Å². The van der Waals surface area contributed by atoms with Gasteiger partial charge in [0.1, 0.15) is 6.04 Å². The van der Waals surface area contributed by atoms with Gasteiger partial charge in [0.2, 0.25) is 5.91 Å². The fourth-order valence-corrected chi connectivity index (χ4v) is 1.93. The molecule has 1 amide bonds. The van der Waals surface area contributed by atoms with E-state index in [-0.39, 0.29) is 6.07 Å². The molecular weight excluding hydrogens is 376 g/mol. The summed E-state index contributed by atoms with van der Waals surface area (Å²) >= 11 is 0. The third kappa shape index (κ3) is 6.26. The average Bonchev–Trinajstić information content (AvgIpc) is 2.43. The minimum absolute atomic E-state index is 0.119. The van der Waals surface area contributed by atoms with Gasteiger partial charge in [0.05, 0.1) is 24.0 Å². The number of nitrogens with one attached hydrogen (secondary N) is 1. The fourth-order valence-electron chi connectivity index (χ4n) is 1.93. The molecule has 0 radical (unpaired) electrons. The molecule has 0 saturated carbocycles. The van der Waals surface area contributed by atoms with Gasteiger partial charge in [-0.3, -0.25) is 9.59 Å². The van der Waals surface area contributed by atoms with E-state index in [1.807, 2.05) is 0 Å². The van der Waals surface area contributed by atoms with E-state index < -0.39 is 65.8 Å². The molecule has 26 heavy (non-hydrogen) atoms. The SMILES string of the molecule is O=C(O)C[C@H](NC(=O)Cc1cc(C(F)(F)F)cc(C(F)(F)F)c1)C(=O)O. The Hall–Kier alpha value is -2.79. The molecule has 3 N–H and O–H groups in total. The van der Waals surface area contributed by atoms with Crippen molar-refractivity contribution in [1.29, 1.82) is 0 Å². The monoisotopic (exact) mass is 387 g/mol. The average molecular weight is 387 g/mol. The van der Waals surface area contributed by atoms with Crippen molar-refractivity contribution >= 4 is 17.8 Å². The summed E-state index contributed by atoms with van der Waals surface area (Å²) in [5, 5.41) is 19.0. The van der Waals surface area contributed by atoms with Crippen molar-refractivity contribution in [2.24, 2.45) is 0 Å². The summed E-state index contributed by atoms with van der Waals surface area (Å²) in [4.78, 5) is 33.0. The summed E-state index contributed by atoms with van der Waals surface area (Å²) in [5.41, 5.74) is -3.92. The van der Waals surface area contributed by atoms with Gasteiger partial charge in [-0.05, 0) is 23.8 Å². The molecule has 1 rings (SSSR count). The molecule has 0 spiro atoms. The van der Waals surface area contributed by atoms with Gasteiger partial charge in [-0.2, -0.15) is 26.3 Å². The van der Waals surface area contributed by atoms with Crippen LogP contribution in [0.4, 0.5) is 26.3 Å². The molecule has 0 heterocycles. The van der Waals surface area contributed by atoms with Crippen LogP contribution in [0.3, 0.4) is 0 Å². The molecule has 1 aromatic rings. The molecule has 0 bridgehead atoms. The fraction of sp³-hybridized carbons (Fsp3) is 0.357. The summed E-state index contributed by atoms with van der Waals surface area (Å²) in [6.45, 7) is 0. The Morgan fingerprint density at radius 3 is 1.73 bits per heavy atom. The second kappa shape index (κ2) is 7.62. The first-order valence-corrected chi connectivity index (χ1v) is 6.72. The molecule has 0 aliphatic rings. The third-order valence-electron chi connectivity index (χ3n) is 3.02. The van der Waals surface area contributed by atoms with Gasteiger partial charge >= 0.3 is 24.3 Å². The lowest BCUT2D eigenvalue weighted by Crippen LogP contribution is -2.42. The number of halogens is 6. The van der Waals surface area contributed by atoms with E-state index in [1.165, 1.54) is 0 Å². The minimum atomic E-state index is -5.10. The lowest BCUT2D eigenvalue weighted by molar-refractivity contribution is -0.147. The number of aliphatic carboxylic acids is 2. The molecular formula is C14H11F6NO5. The number of carboxylic acid groups (broad SMARTS) is 2. The number of benzene rings is 1. The van der Waals surface area contributed by atoms with Crippen molar-refractivity contribution in [1.82, 2.24) is 5.32 Å². The number of carbonyl (C=O) groups excluding carboxylic acids is 1. The smallest absolute Gasteiger partial charge is 0.416 e. The van der Waals surface area contributed by atoms with Crippen LogP contribution in [0, 0.1) is 0 Å². The Morgan fingerprint density at radius 1 is 0.923 bits per heavy atom. The van der Waals surface area contributed by atoms with Crippen LogP contribution in [-0.2, 0) is 33.2 Å². The summed E-state index contributed by atoms with van der Waals surface area (Å²) in [5.74, 6) is -4.54. The summed E-state index contributed by atoms with van der Waals surface area (Å²) in [6.07, 6.45) is -12.2. The first kappa shape index (κ1) is 21.3. The van der Waals surface area contributed by atoms with E-state index >= 15 is 0 Å². The van der Waals surface area contributed by atoms with E-state index in [9.17, 15) is 40.7 Å². The number of amides is 1. The first-order chi connectivity index (χ1) is 11.7. The van der Waals surface area contributed by atoms with E-state index in [0.29, 0.717) is 12.1 Å². The summed E-state index contributed by atoms with van der Waals surface area (Å²) in [7, 11) is 0. The predicted molar refractivity (Wildman–Crippen MR) is 72.0 cm³/mol. The van der Waals surface area contributed by atoms with E-state index in [1.54, 1.807) is 5.32 Å². The van der Waals surface area contributed by atoms with E-state index in [0.717, 1.165) is 0 Å². The maximum Gasteiger partial charge on any atom is 0.416 e. The topological polar surface area (TPSA) is 104 Å². The Labute approximate surface area is 141 Å². The van der Waals surface area contributed by atoms with Gasteiger partial charge in [-0.15, -0.1) is 0 Å². The van der Waals surface area contributed by atoms with Crippen molar-refractivity contribution in [3.05, 3.63) is 34.9 Å². The highest BCUT2D eigenvalue weighted by atomic mass is 19.4. The molecule has 1 aromatic carbocycles. The Morgan fingerprint density at radius 2 is 1.38 bits per heavy atom. The van der Waals surface area contributed by atoms with Crippen molar-refractivity contribution < 1.29 is 50.9 Å². The lowest BCUT2D eigenvalue weighted by atomic mass is 10.0. The second-order valence-corrected chi connectivity index (χ2v) is 5.15. The van der Waals surface area contributed by atoms with Crippen LogP contribution in [0.15, 0.2) is 18.2 Å². The zero-order chi connectivity index (χ0) is 20.3. The number of hydrogen-bond acceptors (Lipinski definition) is 3. The highest BCUT2D eigenvalue weighted by molar-refractivity contribution is 5.87. The number of carbonyl (C=O) groups is 3. The minimum Gasteiger partial charge on any atom is -0.481 e. The molecule has 0 saturated heterocycles. The van der Waals surface area contributed by atoms with Gasteiger partial charge in [-0.1, -0.05) is 0 Å². The standard InChI is InChI=1S/C14H11F6NO5/c15-13(16,17)7-1-6(2-8(4-7)14(18,19)20)3-10(22)21-9(12(25)26)5-11(23)24/h1-2,4,9H,3,5H2,(H,21,22)(H,23,24)(H,25,26)/t9-/m0/s1. The molecule has 6 nitrogen and oxygen atoms in total. The van der Waals surface area contributed by atoms with E-state index in [2.05, 4.69) is 0 Å². The quantitative estimate of drug-likeness (QED) is 0.650. The molecule has 0 unspecified atom stereocenters. The van der Waals surface area contributed by atoms with Crippen molar-refractivity contribution in [2.45, 2.75) is 31.2 Å². The summed E-state index contributed by atoms with van der Waals surface area (Å²) in [6, 6.07) is -1.36. The van der Waals surface area contributed by atoms with Gasteiger partial charge < -0.3 is 15.5 Å². The first-order valence-electron chi connectivity index (χ1n) is 6.72. The van der Waals surface area contributed by atoms with Crippen molar-refractivity contribution in [3.63, 3.8) is 0 Å². The highest BCUT2D eigenvalue weighted by Crippen LogP contribution is 2.36. The number of hydrogen-bond donors (Lipinski definition) is 3. The molecule has 0 fully saturated rings. The van der Waals surface area contributed by atoms with Crippen LogP contribution >= 0.6 is 0 Å². The largest absolute Gasteiger partial charge is 0.481 e. The molecule has 1 atom stereocenters. The molecule has 12 heteroatoms. The van der Waals surface area contributed by atoms with Crippen LogP contribution < -0.4 is 5.32 Å². The van der Waals surface area contributed by atoms with Crippen LogP contribution in [0.2, 0.25) is 0 Å². The number of alkyl halides is 6. The van der Waals surface area contributed by atoms with E-state index in [4.69, 9.17) is 10.2 Å². The van der Waals surface area contributed by atoms with Gasteiger partial charge in [-0.25, -0.2) is 4.79 Å². The maximum atomic E-state index is 12.7. The normalized spacial score (nSPS) is 13.2. The van der Waals surface area contributed by atoms with Gasteiger partial charge in [0, 0.05) is 0 Å². The molecule has 0 aromatic heterocycles. The number of carboxylic acids is 2.